The van der Waals surface area contributed by atoms with Gasteiger partial charge in [-0.25, -0.2) is 4.79 Å². The minimum atomic E-state index is -1.20. The van der Waals surface area contributed by atoms with Gasteiger partial charge in [-0.15, -0.1) is 0 Å². The maximum absolute atomic E-state index is 12.0. The first-order valence-corrected chi connectivity index (χ1v) is 6.89. The lowest BCUT2D eigenvalue weighted by molar-refractivity contribution is -0.00454. The molecule has 2 heterocycles. The van der Waals surface area contributed by atoms with Crippen LogP contribution in [0.15, 0.2) is 38.6 Å². The van der Waals surface area contributed by atoms with Gasteiger partial charge in [0.25, 0.3) is 5.56 Å². The SMILES string of the molecule is O=c1[nH]c(=O)n([C@@H]2C[C@H](CO)[C@H](O)[C@@H]2O)cc1-c1ccco1. The zero-order valence-corrected chi connectivity index (χ0v) is 11.5. The standard InChI is InChI=1S/C14H16N2O6/c17-6-7-4-9(12(19)11(7)18)16-5-8(10-2-1-3-22-10)13(20)15-14(16)21/h1-3,5,7,9,11-12,17-19H,4,6H2,(H,15,20,21)/t7-,9-,11+,12-/m1/s1. The smallest absolute Gasteiger partial charge is 0.328 e. The van der Waals surface area contributed by atoms with Crippen molar-refractivity contribution in [2.75, 3.05) is 6.61 Å². The van der Waals surface area contributed by atoms with Gasteiger partial charge in [0.1, 0.15) is 11.9 Å². The number of hydrogen-bond donors (Lipinski definition) is 4. The van der Waals surface area contributed by atoms with Crippen LogP contribution in [0.3, 0.4) is 0 Å². The molecule has 0 unspecified atom stereocenters. The second-order valence-corrected chi connectivity index (χ2v) is 5.41. The molecule has 3 rings (SSSR count). The second kappa shape index (κ2) is 5.56. The van der Waals surface area contributed by atoms with Crippen molar-refractivity contribution >= 4 is 0 Å². The number of rotatable bonds is 3. The molecule has 8 nitrogen and oxygen atoms in total. The summed E-state index contributed by atoms with van der Waals surface area (Å²) in [5.74, 6) is -0.229. The average Bonchev–Trinajstić information content (AvgIpc) is 3.10. The summed E-state index contributed by atoms with van der Waals surface area (Å²) in [4.78, 5) is 26.1. The van der Waals surface area contributed by atoms with Gasteiger partial charge in [-0.2, -0.15) is 0 Å². The average molecular weight is 308 g/mol. The predicted octanol–water partition coefficient (Wildman–Crippen LogP) is -0.928. The lowest BCUT2D eigenvalue weighted by Gasteiger charge is -2.19. The van der Waals surface area contributed by atoms with E-state index in [0.717, 1.165) is 0 Å². The van der Waals surface area contributed by atoms with Crippen LogP contribution < -0.4 is 11.2 Å². The van der Waals surface area contributed by atoms with E-state index in [1.807, 2.05) is 0 Å². The van der Waals surface area contributed by atoms with E-state index in [-0.39, 0.29) is 18.6 Å². The molecule has 2 aromatic rings. The summed E-state index contributed by atoms with van der Waals surface area (Å²) in [5, 5.41) is 29.2. The summed E-state index contributed by atoms with van der Waals surface area (Å²) >= 11 is 0. The molecule has 0 aliphatic heterocycles. The van der Waals surface area contributed by atoms with E-state index in [2.05, 4.69) is 4.98 Å². The summed E-state index contributed by atoms with van der Waals surface area (Å²) in [6.45, 7) is -0.294. The number of nitrogens with one attached hydrogen (secondary N) is 1. The Balaban J connectivity index is 2.07. The number of furan rings is 1. The molecule has 118 valence electrons. The van der Waals surface area contributed by atoms with Crippen LogP contribution in [0.2, 0.25) is 0 Å². The molecule has 0 radical (unpaired) electrons. The Hall–Kier alpha value is -2.16. The van der Waals surface area contributed by atoms with Crippen LogP contribution in [0.1, 0.15) is 12.5 Å². The van der Waals surface area contributed by atoms with E-state index >= 15 is 0 Å². The fourth-order valence-corrected chi connectivity index (χ4v) is 2.90. The summed E-state index contributed by atoms with van der Waals surface area (Å²) in [5.41, 5.74) is -1.13. The van der Waals surface area contributed by atoms with Crippen molar-refractivity contribution in [2.24, 2.45) is 5.92 Å². The minimum absolute atomic E-state index is 0.152. The molecule has 4 N–H and O–H groups in total. The van der Waals surface area contributed by atoms with Gasteiger partial charge >= 0.3 is 5.69 Å². The van der Waals surface area contributed by atoms with E-state index in [1.54, 1.807) is 12.1 Å². The van der Waals surface area contributed by atoms with Crippen LogP contribution in [-0.2, 0) is 0 Å². The number of H-pyrrole nitrogens is 1. The molecule has 8 heteroatoms. The van der Waals surface area contributed by atoms with Crippen molar-refractivity contribution in [3.63, 3.8) is 0 Å². The van der Waals surface area contributed by atoms with E-state index in [1.165, 1.54) is 17.0 Å². The topological polar surface area (TPSA) is 129 Å². The fraction of sp³-hybridized carbons (Fsp3) is 0.429. The third kappa shape index (κ3) is 2.31. The van der Waals surface area contributed by atoms with Gasteiger partial charge < -0.3 is 19.7 Å². The molecular formula is C14H16N2O6. The van der Waals surface area contributed by atoms with Crippen molar-refractivity contribution in [3.8, 4) is 11.3 Å². The highest BCUT2D eigenvalue weighted by atomic mass is 16.3. The van der Waals surface area contributed by atoms with Crippen LogP contribution >= 0.6 is 0 Å². The van der Waals surface area contributed by atoms with Gasteiger partial charge in [-0.3, -0.25) is 14.3 Å². The lowest BCUT2D eigenvalue weighted by Crippen LogP contribution is -2.37. The molecule has 0 spiro atoms. The third-order valence-corrected chi connectivity index (χ3v) is 4.12. The van der Waals surface area contributed by atoms with Crippen LogP contribution in [0.25, 0.3) is 11.3 Å². The normalized spacial score (nSPS) is 28.1. The highest BCUT2D eigenvalue weighted by Crippen LogP contribution is 2.34. The molecule has 0 bridgehead atoms. The predicted molar refractivity (Wildman–Crippen MR) is 75.3 cm³/mol. The number of aliphatic hydroxyl groups is 3. The number of hydrogen-bond acceptors (Lipinski definition) is 6. The molecule has 0 saturated heterocycles. The molecule has 1 fully saturated rings. The van der Waals surface area contributed by atoms with Crippen molar-refractivity contribution in [1.29, 1.82) is 0 Å². The van der Waals surface area contributed by atoms with Gasteiger partial charge in [0, 0.05) is 18.7 Å². The molecule has 0 amide bonds. The quantitative estimate of drug-likeness (QED) is 0.580. The van der Waals surface area contributed by atoms with E-state index in [4.69, 9.17) is 4.42 Å². The summed E-state index contributed by atoms with van der Waals surface area (Å²) in [7, 11) is 0. The summed E-state index contributed by atoms with van der Waals surface area (Å²) in [6.07, 6.45) is 0.606. The Morgan fingerprint density at radius 2 is 2.09 bits per heavy atom. The maximum atomic E-state index is 12.0. The molecule has 0 aromatic carbocycles. The number of aromatic amines is 1. The zero-order chi connectivity index (χ0) is 15.9. The first-order valence-electron chi connectivity index (χ1n) is 6.89. The van der Waals surface area contributed by atoms with Crippen molar-refractivity contribution in [2.45, 2.75) is 24.7 Å². The number of aliphatic hydroxyl groups excluding tert-OH is 3. The van der Waals surface area contributed by atoms with Crippen LogP contribution in [-0.4, -0.2) is 43.7 Å². The summed E-state index contributed by atoms with van der Waals surface area (Å²) < 4.78 is 6.33. The Bertz CT molecular complexity index is 762. The highest BCUT2D eigenvalue weighted by Gasteiger charge is 2.42. The van der Waals surface area contributed by atoms with E-state index < -0.39 is 35.4 Å². The van der Waals surface area contributed by atoms with Gasteiger partial charge in [-0.05, 0) is 18.6 Å². The van der Waals surface area contributed by atoms with Crippen molar-refractivity contribution < 1.29 is 19.7 Å². The molecular weight excluding hydrogens is 292 g/mol. The van der Waals surface area contributed by atoms with Crippen LogP contribution in [0.4, 0.5) is 0 Å². The van der Waals surface area contributed by atoms with E-state index in [0.29, 0.717) is 5.76 Å². The van der Waals surface area contributed by atoms with Gasteiger partial charge in [0.05, 0.1) is 24.0 Å². The first-order chi connectivity index (χ1) is 10.5. The van der Waals surface area contributed by atoms with Crippen molar-refractivity contribution in [1.82, 2.24) is 9.55 Å². The minimum Gasteiger partial charge on any atom is -0.464 e. The fourth-order valence-electron chi connectivity index (χ4n) is 2.90. The van der Waals surface area contributed by atoms with Gasteiger partial charge in [-0.1, -0.05) is 0 Å². The molecule has 4 atom stereocenters. The molecule has 22 heavy (non-hydrogen) atoms. The first kappa shape index (κ1) is 14.8. The number of aromatic nitrogens is 2. The Labute approximate surface area is 124 Å². The Kier molecular flexibility index (Phi) is 3.73. The van der Waals surface area contributed by atoms with Gasteiger partial charge in [0.15, 0.2) is 0 Å². The van der Waals surface area contributed by atoms with Gasteiger partial charge in [0.2, 0.25) is 0 Å². The number of nitrogens with zero attached hydrogens (tertiary/aromatic N) is 1. The summed E-state index contributed by atoms with van der Waals surface area (Å²) in [6, 6.07) is 2.46. The third-order valence-electron chi connectivity index (χ3n) is 4.12. The molecule has 2 aromatic heterocycles. The molecule has 1 aliphatic carbocycles. The second-order valence-electron chi connectivity index (χ2n) is 5.41. The zero-order valence-electron chi connectivity index (χ0n) is 11.5. The molecule has 1 saturated carbocycles. The van der Waals surface area contributed by atoms with E-state index in [9.17, 15) is 24.9 Å². The monoisotopic (exact) mass is 308 g/mol. The van der Waals surface area contributed by atoms with Crippen LogP contribution in [0.5, 0.6) is 0 Å². The largest absolute Gasteiger partial charge is 0.464 e. The lowest BCUT2D eigenvalue weighted by atomic mass is 10.1. The Morgan fingerprint density at radius 3 is 2.68 bits per heavy atom. The Morgan fingerprint density at radius 1 is 1.32 bits per heavy atom. The molecule has 1 aliphatic rings. The highest BCUT2D eigenvalue weighted by molar-refractivity contribution is 5.54. The maximum Gasteiger partial charge on any atom is 0.328 e. The van der Waals surface area contributed by atoms with Crippen LogP contribution in [0, 0.1) is 5.92 Å². The van der Waals surface area contributed by atoms with Crippen molar-refractivity contribution in [3.05, 3.63) is 45.4 Å².